The molecule has 0 aliphatic heterocycles. The summed E-state index contributed by atoms with van der Waals surface area (Å²) in [6, 6.07) is 9.16. The smallest absolute Gasteiger partial charge is 0.331 e. The van der Waals surface area contributed by atoms with E-state index in [1.165, 1.54) is 18.3 Å². The maximum Gasteiger partial charge on any atom is 0.331 e. The first-order chi connectivity index (χ1) is 8.72. The lowest BCUT2D eigenvalue weighted by Crippen LogP contribution is -1.97. The van der Waals surface area contributed by atoms with Gasteiger partial charge in [0.05, 0.1) is 10.5 Å². The molecule has 1 aromatic carbocycles. The van der Waals surface area contributed by atoms with Crippen LogP contribution in [0.25, 0.3) is 0 Å². The van der Waals surface area contributed by atoms with Gasteiger partial charge in [0, 0.05) is 12.3 Å². The van der Waals surface area contributed by atoms with Gasteiger partial charge < -0.3 is 4.74 Å². The number of carbonyl (C=O) groups excluding carboxylic acids is 1. The Morgan fingerprint density at radius 1 is 1.22 bits per heavy atom. The van der Waals surface area contributed by atoms with Crippen LogP contribution in [0.3, 0.4) is 0 Å². The molecule has 90 valence electrons. The molecule has 0 aliphatic carbocycles. The van der Waals surface area contributed by atoms with Crippen molar-refractivity contribution in [3.05, 3.63) is 58.3 Å². The molecule has 0 radical (unpaired) electrons. The molecule has 0 saturated heterocycles. The van der Waals surface area contributed by atoms with Crippen LogP contribution in [-0.2, 0) is 0 Å². The first-order valence-electron chi connectivity index (χ1n) is 5.04. The van der Waals surface area contributed by atoms with Gasteiger partial charge in [-0.05, 0) is 18.2 Å². The number of rotatable bonds is 4. The number of carbonyl (C=O) groups is 1. The molecule has 0 amide bonds. The molecule has 2 aromatic rings. The van der Waals surface area contributed by atoms with Gasteiger partial charge in [-0.3, -0.25) is 14.9 Å². The fourth-order valence-corrected chi connectivity index (χ4v) is 1.37. The summed E-state index contributed by atoms with van der Waals surface area (Å²) in [4.78, 5) is 24.8. The van der Waals surface area contributed by atoms with Crippen LogP contribution in [0.4, 0.5) is 5.69 Å². The zero-order valence-corrected chi connectivity index (χ0v) is 9.15. The number of nitro groups is 1. The standard InChI is InChI=1S/C12H8N2O4/c15-8-9-4-1-2-6-11(9)18-12-10(14(16)17)5-3-7-13-12/h1-8H. The van der Waals surface area contributed by atoms with Gasteiger partial charge >= 0.3 is 5.69 Å². The largest absolute Gasteiger partial charge is 0.433 e. The van der Waals surface area contributed by atoms with Crippen LogP contribution in [-0.4, -0.2) is 16.2 Å². The van der Waals surface area contributed by atoms with Crippen molar-refractivity contribution in [2.45, 2.75) is 0 Å². The molecule has 6 nitrogen and oxygen atoms in total. The van der Waals surface area contributed by atoms with Crippen molar-refractivity contribution in [3.8, 4) is 11.6 Å². The highest BCUT2D eigenvalue weighted by molar-refractivity contribution is 5.79. The van der Waals surface area contributed by atoms with E-state index in [9.17, 15) is 14.9 Å². The molecule has 0 unspecified atom stereocenters. The normalized spacial score (nSPS) is 9.78. The van der Waals surface area contributed by atoms with Crippen molar-refractivity contribution in [2.75, 3.05) is 0 Å². The lowest BCUT2D eigenvalue weighted by molar-refractivity contribution is -0.386. The highest BCUT2D eigenvalue weighted by Crippen LogP contribution is 2.29. The molecule has 0 spiro atoms. The SMILES string of the molecule is O=Cc1ccccc1Oc1ncccc1[N+](=O)[O-]. The van der Waals surface area contributed by atoms with E-state index in [-0.39, 0.29) is 17.3 Å². The Kier molecular flexibility index (Phi) is 3.29. The molecular weight excluding hydrogens is 236 g/mol. The van der Waals surface area contributed by atoms with Gasteiger partial charge in [0.15, 0.2) is 6.29 Å². The quantitative estimate of drug-likeness (QED) is 0.469. The van der Waals surface area contributed by atoms with Crippen LogP contribution in [0.5, 0.6) is 11.6 Å². The second kappa shape index (κ2) is 5.05. The second-order valence-electron chi connectivity index (χ2n) is 3.34. The minimum atomic E-state index is -0.591. The highest BCUT2D eigenvalue weighted by atomic mass is 16.6. The maximum absolute atomic E-state index is 10.8. The van der Waals surface area contributed by atoms with E-state index in [2.05, 4.69) is 4.98 Å². The fraction of sp³-hybridized carbons (Fsp3) is 0. The van der Waals surface area contributed by atoms with Crippen molar-refractivity contribution in [1.82, 2.24) is 4.98 Å². The number of para-hydroxylation sites is 1. The average Bonchev–Trinajstić information content (AvgIpc) is 2.40. The molecule has 2 rings (SSSR count). The predicted octanol–water partition coefficient (Wildman–Crippen LogP) is 2.59. The van der Waals surface area contributed by atoms with Crippen molar-refractivity contribution >= 4 is 12.0 Å². The van der Waals surface area contributed by atoms with E-state index in [0.29, 0.717) is 11.8 Å². The third-order valence-electron chi connectivity index (χ3n) is 2.20. The summed E-state index contributed by atoms with van der Waals surface area (Å²) in [5.41, 5.74) is 0.0515. The van der Waals surface area contributed by atoms with Gasteiger partial charge in [-0.1, -0.05) is 12.1 Å². The summed E-state index contributed by atoms with van der Waals surface area (Å²) in [5, 5.41) is 10.8. The zero-order valence-electron chi connectivity index (χ0n) is 9.15. The molecule has 0 atom stereocenters. The summed E-state index contributed by atoms with van der Waals surface area (Å²) < 4.78 is 5.31. The summed E-state index contributed by atoms with van der Waals surface area (Å²) in [6.07, 6.45) is 2.00. The van der Waals surface area contributed by atoms with E-state index in [0.717, 1.165) is 0 Å². The summed E-state index contributed by atoms with van der Waals surface area (Å²) in [7, 11) is 0. The van der Waals surface area contributed by atoms with E-state index >= 15 is 0 Å². The van der Waals surface area contributed by atoms with E-state index in [1.54, 1.807) is 24.3 Å². The predicted molar refractivity (Wildman–Crippen MR) is 62.8 cm³/mol. The number of aromatic nitrogens is 1. The van der Waals surface area contributed by atoms with E-state index in [4.69, 9.17) is 4.74 Å². The van der Waals surface area contributed by atoms with Crippen LogP contribution >= 0.6 is 0 Å². The van der Waals surface area contributed by atoms with Gasteiger partial charge in [0.1, 0.15) is 5.75 Å². The van der Waals surface area contributed by atoms with Gasteiger partial charge in [-0.15, -0.1) is 0 Å². The van der Waals surface area contributed by atoms with Crippen molar-refractivity contribution in [1.29, 1.82) is 0 Å². The van der Waals surface area contributed by atoms with E-state index in [1.807, 2.05) is 0 Å². The van der Waals surface area contributed by atoms with Crippen molar-refractivity contribution in [3.63, 3.8) is 0 Å². The monoisotopic (exact) mass is 244 g/mol. The Labute approximate surface area is 102 Å². The molecule has 18 heavy (non-hydrogen) atoms. The molecule has 0 aliphatic rings. The number of pyridine rings is 1. The topological polar surface area (TPSA) is 82.3 Å². The van der Waals surface area contributed by atoms with Gasteiger partial charge in [0.25, 0.3) is 5.88 Å². The van der Waals surface area contributed by atoms with E-state index < -0.39 is 4.92 Å². The molecule has 0 saturated carbocycles. The minimum absolute atomic E-state index is 0.142. The Morgan fingerprint density at radius 3 is 2.72 bits per heavy atom. The Balaban J connectivity index is 2.40. The van der Waals surface area contributed by atoms with Crippen molar-refractivity contribution < 1.29 is 14.5 Å². The number of ether oxygens (including phenoxy) is 1. The number of nitrogens with zero attached hydrogens (tertiary/aromatic N) is 2. The number of aldehydes is 1. The summed E-state index contributed by atoms with van der Waals surface area (Å²) in [5.74, 6) is 0.0890. The minimum Gasteiger partial charge on any atom is -0.433 e. The Bertz CT molecular complexity index is 598. The fourth-order valence-electron chi connectivity index (χ4n) is 1.37. The van der Waals surface area contributed by atoms with Gasteiger partial charge in [-0.2, -0.15) is 0 Å². The number of hydrogen-bond donors (Lipinski definition) is 0. The first-order valence-corrected chi connectivity index (χ1v) is 5.04. The van der Waals surface area contributed by atoms with Crippen LogP contribution in [0.1, 0.15) is 10.4 Å². The van der Waals surface area contributed by atoms with Gasteiger partial charge in [0.2, 0.25) is 0 Å². The van der Waals surface area contributed by atoms with Gasteiger partial charge in [-0.25, -0.2) is 4.98 Å². The van der Waals surface area contributed by atoms with Crippen LogP contribution < -0.4 is 4.74 Å². The molecule has 0 N–H and O–H groups in total. The number of hydrogen-bond acceptors (Lipinski definition) is 5. The number of benzene rings is 1. The molecule has 0 bridgehead atoms. The molecule has 1 aromatic heterocycles. The summed E-state index contributed by atoms with van der Waals surface area (Å²) >= 11 is 0. The third-order valence-corrected chi connectivity index (χ3v) is 2.20. The highest BCUT2D eigenvalue weighted by Gasteiger charge is 2.17. The third kappa shape index (κ3) is 2.32. The lowest BCUT2D eigenvalue weighted by atomic mass is 10.2. The van der Waals surface area contributed by atoms with Crippen LogP contribution in [0.2, 0.25) is 0 Å². The van der Waals surface area contributed by atoms with Crippen molar-refractivity contribution in [2.24, 2.45) is 0 Å². The zero-order chi connectivity index (χ0) is 13.0. The molecule has 6 heteroatoms. The summed E-state index contributed by atoms with van der Waals surface area (Å²) in [6.45, 7) is 0. The second-order valence-corrected chi connectivity index (χ2v) is 3.34. The lowest BCUT2D eigenvalue weighted by Gasteiger charge is -2.06. The Morgan fingerprint density at radius 2 is 2.00 bits per heavy atom. The molecule has 0 fully saturated rings. The Hall–Kier alpha value is -2.76. The molecular formula is C12H8N2O4. The average molecular weight is 244 g/mol. The first kappa shape index (κ1) is 11.7. The maximum atomic E-state index is 10.8. The van der Waals surface area contributed by atoms with Crippen LogP contribution in [0.15, 0.2) is 42.6 Å². The molecule has 1 heterocycles. The van der Waals surface area contributed by atoms with Crippen LogP contribution in [0, 0.1) is 10.1 Å².